The SMILES string of the molecule is CC[C@@H](C)N(Cc1cccn1Cc1ccccc1Cl)C(=O)c1cccc(Cl)c1. The molecule has 0 fully saturated rings. The van der Waals surface area contributed by atoms with Crippen molar-refractivity contribution in [2.45, 2.75) is 39.4 Å². The highest BCUT2D eigenvalue weighted by Gasteiger charge is 2.22. The average Bonchev–Trinajstić information content (AvgIpc) is 3.13. The van der Waals surface area contributed by atoms with Gasteiger partial charge < -0.3 is 9.47 Å². The van der Waals surface area contributed by atoms with Crippen LogP contribution in [0.1, 0.15) is 41.9 Å². The van der Waals surface area contributed by atoms with Crippen molar-refractivity contribution >= 4 is 29.1 Å². The first-order valence-corrected chi connectivity index (χ1v) is 10.2. The van der Waals surface area contributed by atoms with Gasteiger partial charge in [-0.25, -0.2) is 0 Å². The van der Waals surface area contributed by atoms with Crippen LogP contribution < -0.4 is 0 Å². The number of aromatic nitrogens is 1. The van der Waals surface area contributed by atoms with Crippen LogP contribution in [-0.4, -0.2) is 21.4 Å². The van der Waals surface area contributed by atoms with Gasteiger partial charge in [0, 0.05) is 40.1 Å². The Bertz CT molecular complexity index is 951. The molecule has 0 aliphatic rings. The lowest BCUT2D eigenvalue weighted by molar-refractivity contribution is 0.0667. The maximum absolute atomic E-state index is 13.2. The summed E-state index contributed by atoms with van der Waals surface area (Å²) in [5, 5.41) is 1.31. The molecule has 3 aromatic rings. The van der Waals surface area contributed by atoms with Gasteiger partial charge in [0.2, 0.25) is 0 Å². The monoisotopic (exact) mass is 414 g/mol. The topological polar surface area (TPSA) is 25.2 Å². The molecule has 1 aromatic heterocycles. The average molecular weight is 415 g/mol. The summed E-state index contributed by atoms with van der Waals surface area (Å²) in [5.74, 6) is -0.0117. The molecule has 1 heterocycles. The highest BCUT2D eigenvalue weighted by molar-refractivity contribution is 6.31. The van der Waals surface area contributed by atoms with Crippen LogP contribution in [0, 0.1) is 0 Å². The van der Waals surface area contributed by atoms with Crippen molar-refractivity contribution in [1.29, 1.82) is 0 Å². The lowest BCUT2D eigenvalue weighted by Gasteiger charge is -2.29. The Morgan fingerprint density at radius 3 is 2.57 bits per heavy atom. The van der Waals surface area contributed by atoms with Gasteiger partial charge in [0.1, 0.15) is 0 Å². The first-order chi connectivity index (χ1) is 13.5. The molecule has 0 N–H and O–H groups in total. The zero-order valence-corrected chi connectivity index (χ0v) is 17.6. The Morgan fingerprint density at radius 1 is 1.07 bits per heavy atom. The second-order valence-electron chi connectivity index (χ2n) is 6.92. The minimum atomic E-state index is -0.0117. The number of benzene rings is 2. The van der Waals surface area contributed by atoms with Gasteiger partial charge in [0.25, 0.3) is 5.91 Å². The van der Waals surface area contributed by atoms with E-state index in [1.165, 1.54) is 0 Å². The molecule has 0 aliphatic carbocycles. The Labute approximate surface area is 176 Å². The molecule has 2 aromatic carbocycles. The summed E-state index contributed by atoms with van der Waals surface area (Å²) in [7, 11) is 0. The van der Waals surface area contributed by atoms with E-state index < -0.39 is 0 Å². The fourth-order valence-corrected chi connectivity index (χ4v) is 3.55. The zero-order chi connectivity index (χ0) is 20.1. The summed E-state index contributed by atoms with van der Waals surface area (Å²) in [5.41, 5.74) is 2.73. The maximum Gasteiger partial charge on any atom is 0.254 e. The van der Waals surface area contributed by atoms with Gasteiger partial charge in [-0.05, 0) is 55.3 Å². The molecule has 146 valence electrons. The van der Waals surface area contributed by atoms with Gasteiger partial charge >= 0.3 is 0 Å². The molecule has 28 heavy (non-hydrogen) atoms. The van der Waals surface area contributed by atoms with Crippen LogP contribution in [0.25, 0.3) is 0 Å². The van der Waals surface area contributed by atoms with Gasteiger partial charge in [-0.1, -0.05) is 54.4 Å². The van der Waals surface area contributed by atoms with Crippen molar-refractivity contribution in [2.75, 3.05) is 0 Å². The molecular formula is C23H24Cl2N2O. The molecular weight excluding hydrogens is 391 g/mol. The Hall–Kier alpha value is -2.23. The highest BCUT2D eigenvalue weighted by atomic mass is 35.5. The van der Waals surface area contributed by atoms with Crippen molar-refractivity contribution in [3.63, 3.8) is 0 Å². The third-order valence-corrected chi connectivity index (χ3v) is 5.61. The van der Waals surface area contributed by atoms with E-state index in [1.54, 1.807) is 12.1 Å². The maximum atomic E-state index is 13.2. The number of hydrogen-bond donors (Lipinski definition) is 0. The summed E-state index contributed by atoms with van der Waals surface area (Å²) >= 11 is 12.4. The Kier molecular flexibility index (Phi) is 6.82. The molecule has 0 radical (unpaired) electrons. The quantitative estimate of drug-likeness (QED) is 0.446. The van der Waals surface area contributed by atoms with Crippen molar-refractivity contribution in [2.24, 2.45) is 0 Å². The second kappa shape index (κ2) is 9.31. The Morgan fingerprint density at radius 2 is 1.86 bits per heavy atom. The van der Waals surface area contributed by atoms with Crippen molar-refractivity contribution < 1.29 is 4.79 Å². The standard InChI is InChI=1S/C23H24Cl2N2O/c1-3-17(2)27(23(28)18-9-6-10-20(24)14-18)16-21-11-7-13-26(21)15-19-8-4-5-12-22(19)25/h4-14,17H,3,15-16H2,1-2H3/t17-/m1/s1. The molecule has 5 heteroatoms. The van der Waals surface area contributed by atoms with Crippen LogP contribution in [-0.2, 0) is 13.1 Å². The zero-order valence-electron chi connectivity index (χ0n) is 16.1. The fourth-order valence-electron chi connectivity index (χ4n) is 3.17. The van der Waals surface area contributed by atoms with E-state index in [0.717, 1.165) is 22.7 Å². The van der Waals surface area contributed by atoms with Gasteiger partial charge in [0.15, 0.2) is 0 Å². The van der Waals surface area contributed by atoms with Crippen LogP contribution in [0.4, 0.5) is 0 Å². The first kappa shape index (κ1) is 20.5. The summed E-state index contributed by atoms with van der Waals surface area (Å²) in [6.45, 7) is 5.36. The summed E-state index contributed by atoms with van der Waals surface area (Å²) in [6, 6.07) is 19.1. The minimum Gasteiger partial charge on any atom is -0.345 e. The molecule has 3 rings (SSSR count). The normalized spacial score (nSPS) is 12.0. The van der Waals surface area contributed by atoms with Gasteiger partial charge in [-0.3, -0.25) is 4.79 Å². The summed E-state index contributed by atoms with van der Waals surface area (Å²) in [6.07, 6.45) is 2.90. The number of rotatable bonds is 7. The van der Waals surface area contributed by atoms with E-state index in [0.29, 0.717) is 23.7 Å². The number of amides is 1. The lowest BCUT2D eigenvalue weighted by Crippen LogP contribution is -2.38. The molecule has 0 unspecified atom stereocenters. The van der Waals surface area contributed by atoms with Crippen LogP contribution in [0.15, 0.2) is 66.9 Å². The molecule has 3 nitrogen and oxygen atoms in total. The minimum absolute atomic E-state index is 0.0117. The number of hydrogen-bond acceptors (Lipinski definition) is 1. The van der Waals surface area contributed by atoms with E-state index in [9.17, 15) is 4.79 Å². The molecule has 0 aliphatic heterocycles. The third-order valence-electron chi connectivity index (χ3n) is 5.01. The van der Waals surface area contributed by atoms with E-state index in [1.807, 2.05) is 53.6 Å². The van der Waals surface area contributed by atoms with Gasteiger partial charge in [-0.15, -0.1) is 0 Å². The van der Waals surface area contributed by atoms with Crippen molar-refractivity contribution in [3.8, 4) is 0 Å². The van der Waals surface area contributed by atoms with Crippen LogP contribution in [0.3, 0.4) is 0 Å². The van der Waals surface area contributed by atoms with Crippen molar-refractivity contribution in [1.82, 2.24) is 9.47 Å². The second-order valence-corrected chi connectivity index (χ2v) is 7.76. The van der Waals surface area contributed by atoms with E-state index >= 15 is 0 Å². The predicted molar refractivity (Wildman–Crippen MR) is 116 cm³/mol. The van der Waals surface area contributed by atoms with Crippen LogP contribution in [0.2, 0.25) is 10.0 Å². The third kappa shape index (κ3) is 4.78. The largest absolute Gasteiger partial charge is 0.345 e. The summed E-state index contributed by atoms with van der Waals surface area (Å²) < 4.78 is 2.14. The molecule has 0 saturated carbocycles. The van der Waals surface area contributed by atoms with Gasteiger partial charge in [-0.2, -0.15) is 0 Å². The highest BCUT2D eigenvalue weighted by Crippen LogP contribution is 2.21. The number of nitrogens with zero attached hydrogens (tertiary/aromatic N) is 2. The molecule has 0 spiro atoms. The predicted octanol–water partition coefficient (Wildman–Crippen LogP) is 6.28. The lowest BCUT2D eigenvalue weighted by atomic mass is 10.1. The van der Waals surface area contributed by atoms with E-state index in [-0.39, 0.29) is 11.9 Å². The van der Waals surface area contributed by atoms with E-state index in [4.69, 9.17) is 23.2 Å². The smallest absolute Gasteiger partial charge is 0.254 e. The Balaban J connectivity index is 1.85. The van der Waals surface area contributed by atoms with Crippen LogP contribution >= 0.6 is 23.2 Å². The molecule has 1 amide bonds. The molecule has 0 bridgehead atoms. The van der Waals surface area contributed by atoms with Crippen LogP contribution in [0.5, 0.6) is 0 Å². The van der Waals surface area contributed by atoms with Crippen molar-refractivity contribution in [3.05, 3.63) is 93.7 Å². The number of carbonyl (C=O) groups is 1. The number of carbonyl (C=O) groups excluding carboxylic acids is 1. The number of halogens is 2. The van der Waals surface area contributed by atoms with E-state index in [2.05, 4.69) is 24.5 Å². The molecule has 0 saturated heterocycles. The first-order valence-electron chi connectivity index (χ1n) is 9.43. The van der Waals surface area contributed by atoms with Gasteiger partial charge in [0.05, 0.1) is 6.54 Å². The summed E-state index contributed by atoms with van der Waals surface area (Å²) in [4.78, 5) is 15.1. The molecule has 1 atom stereocenters. The fraction of sp³-hybridized carbons (Fsp3) is 0.261.